The van der Waals surface area contributed by atoms with E-state index in [0.29, 0.717) is 23.1 Å². The van der Waals surface area contributed by atoms with Crippen molar-refractivity contribution in [2.45, 2.75) is 25.7 Å². The quantitative estimate of drug-likeness (QED) is 0.614. The van der Waals surface area contributed by atoms with Crippen LogP contribution in [0, 0.1) is 11.8 Å². The van der Waals surface area contributed by atoms with Crippen LogP contribution in [0.1, 0.15) is 36.0 Å². The fraction of sp³-hybridized carbons (Fsp3) is 0.533. The molecule has 6 N–H and O–H groups in total. The van der Waals surface area contributed by atoms with Crippen LogP contribution in [0.15, 0.2) is 18.2 Å². The Balaban J connectivity index is 1.98. The van der Waals surface area contributed by atoms with E-state index in [1.165, 1.54) is 12.8 Å². The second-order valence-electron chi connectivity index (χ2n) is 5.53. The number of amides is 1. The van der Waals surface area contributed by atoms with Crippen LogP contribution in [-0.4, -0.2) is 24.2 Å². The first-order valence-corrected chi connectivity index (χ1v) is 7.16. The standard InChI is InChI=1S/C15H23N3O2/c16-13-7-10(15(17)20)5-6-14(13)18-8-11-3-1-2-4-12(11)9-19/h5-7,11-12,18-19H,1-4,8-9,16H2,(H2,17,20). The van der Waals surface area contributed by atoms with Crippen LogP contribution in [-0.2, 0) is 0 Å². The van der Waals surface area contributed by atoms with Crippen molar-refractivity contribution in [3.8, 4) is 0 Å². The Morgan fingerprint density at radius 2 is 2.00 bits per heavy atom. The molecule has 0 spiro atoms. The Kier molecular flexibility index (Phi) is 4.84. The molecule has 1 amide bonds. The average Bonchev–Trinajstić information content (AvgIpc) is 2.46. The van der Waals surface area contributed by atoms with Gasteiger partial charge in [-0.25, -0.2) is 0 Å². The Morgan fingerprint density at radius 3 is 2.60 bits per heavy atom. The Labute approximate surface area is 119 Å². The molecule has 1 aliphatic carbocycles. The zero-order chi connectivity index (χ0) is 14.5. The van der Waals surface area contributed by atoms with E-state index in [-0.39, 0.29) is 6.61 Å². The van der Waals surface area contributed by atoms with Crippen molar-refractivity contribution in [3.63, 3.8) is 0 Å². The molecule has 1 aromatic carbocycles. The number of benzene rings is 1. The summed E-state index contributed by atoms with van der Waals surface area (Å²) in [5, 5.41) is 12.7. The molecule has 110 valence electrons. The number of aliphatic hydroxyl groups excluding tert-OH is 1. The molecular weight excluding hydrogens is 254 g/mol. The Hall–Kier alpha value is -1.75. The van der Waals surface area contributed by atoms with Crippen molar-refractivity contribution >= 4 is 17.3 Å². The molecule has 1 aromatic rings. The van der Waals surface area contributed by atoms with Crippen molar-refractivity contribution in [1.29, 1.82) is 0 Å². The number of primary amides is 1. The molecule has 5 heteroatoms. The highest BCUT2D eigenvalue weighted by Gasteiger charge is 2.24. The van der Waals surface area contributed by atoms with Crippen molar-refractivity contribution < 1.29 is 9.90 Å². The molecule has 1 aliphatic rings. The summed E-state index contributed by atoms with van der Waals surface area (Å²) in [7, 11) is 0. The normalized spacial score (nSPS) is 22.4. The van der Waals surface area contributed by atoms with E-state index in [0.717, 1.165) is 25.1 Å². The van der Waals surface area contributed by atoms with Crippen molar-refractivity contribution in [3.05, 3.63) is 23.8 Å². The van der Waals surface area contributed by atoms with Crippen LogP contribution in [0.3, 0.4) is 0 Å². The van der Waals surface area contributed by atoms with E-state index in [1.807, 2.05) is 0 Å². The van der Waals surface area contributed by atoms with Crippen LogP contribution in [0.5, 0.6) is 0 Å². The highest BCUT2D eigenvalue weighted by Crippen LogP contribution is 2.30. The second kappa shape index (κ2) is 6.61. The topological polar surface area (TPSA) is 101 Å². The SMILES string of the molecule is NC(=O)c1ccc(NCC2CCCCC2CO)c(N)c1. The third-order valence-corrected chi connectivity index (χ3v) is 4.19. The number of anilines is 2. The van der Waals surface area contributed by atoms with Crippen LogP contribution in [0.4, 0.5) is 11.4 Å². The average molecular weight is 277 g/mol. The summed E-state index contributed by atoms with van der Waals surface area (Å²) in [6, 6.07) is 5.05. The summed E-state index contributed by atoms with van der Waals surface area (Å²) in [5.74, 6) is 0.377. The van der Waals surface area contributed by atoms with E-state index in [1.54, 1.807) is 18.2 Å². The fourth-order valence-electron chi connectivity index (χ4n) is 2.91. The lowest BCUT2D eigenvalue weighted by atomic mass is 9.79. The lowest BCUT2D eigenvalue weighted by Gasteiger charge is -2.30. The van der Waals surface area contributed by atoms with Gasteiger partial charge in [-0.15, -0.1) is 0 Å². The number of carbonyl (C=O) groups is 1. The maximum atomic E-state index is 11.1. The van der Waals surface area contributed by atoms with E-state index in [9.17, 15) is 9.90 Å². The molecule has 2 unspecified atom stereocenters. The molecule has 0 aromatic heterocycles. The first-order valence-electron chi connectivity index (χ1n) is 7.16. The number of rotatable bonds is 5. The molecule has 1 fully saturated rings. The molecule has 0 heterocycles. The van der Waals surface area contributed by atoms with Gasteiger partial charge in [0, 0.05) is 18.7 Å². The summed E-state index contributed by atoms with van der Waals surface area (Å²) < 4.78 is 0. The minimum absolute atomic E-state index is 0.252. The summed E-state index contributed by atoms with van der Waals surface area (Å²) in [6.45, 7) is 1.05. The zero-order valence-corrected chi connectivity index (χ0v) is 11.6. The van der Waals surface area contributed by atoms with Gasteiger partial charge in [-0.2, -0.15) is 0 Å². The summed E-state index contributed by atoms with van der Waals surface area (Å²) in [5.41, 5.74) is 12.9. The van der Waals surface area contributed by atoms with Crippen molar-refractivity contribution in [2.75, 3.05) is 24.2 Å². The van der Waals surface area contributed by atoms with Gasteiger partial charge < -0.3 is 21.9 Å². The van der Waals surface area contributed by atoms with Crippen LogP contribution in [0.2, 0.25) is 0 Å². The molecule has 5 nitrogen and oxygen atoms in total. The van der Waals surface area contributed by atoms with Crippen LogP contribution >= 0.6 is 0 Å². The van der Waals surface area contributed by atoms with E-state index < -0.39 is 5.91 Å². The number of aliphatic hydroxyl groups is 1. The van der Waals surface area contributed by atoms with E-state index in [4.69, 9.17) is 11.5 Å². The van der Waals surface area contributed by atoms with Gasteiger partial charge in [0.15, 0.2) is 0 Å². The smallest absolute Gasteiger partial charge is 0.248 e. The predicted octanol–water partition coefficient (Wildman–Crippen LogP) is 1.58. The van der Waals surface area contributed by atoms with Crippen LogP contribution in [0.25, 0.3) is 0 Å². The summed E-state index contributed by atoms with van der Waals surface area (Å²) in [6.07, 6.45) is 4.66. The minimum atomic E-state index is -0.476. The van der Waals surface area contributed by atoms with E-state index >= 15 is 0 Å². The number of hydrogen-bond donors (Lipinski definition) is 4. The fourth-order valence-corrected chi connectivity index (χ4v) is 2.91. The lowest BCUT2D eigenvalue weighted by Crippen LogP contribution is -2.28. The monoisotopic (exact) mass is 277 g/mol. The third-order valence-electron chi connectivity index (χ3n) is 4.19. The Morgan fingerprint density at radius 1 is 1.30 bits per heavy atom. The summed E-state index contributed by atoms with van der Waals surface area (Å²) >= 11 is 0. The molecule has 20 heavy (non-hydrogen) atoms. The number of nitrogens with one attached hydrogen (secondary N) is 1. The van der Waals surface area contributed by atoms with E-state index in [2.05, 4.69) is 5.32 Å². The third kappa shape index (κ3) is 3.42. The van der Waals surface area contributed by atoms with Crippen molar-refractivity contribution in [1.82, 2.24) is 0 Å². The highest BCUT2D eigenvalue weighted by atomic mass is 16.3. The molecular formula is C15H23N3O2. The molecule has 2 atom stereocenters. The maximum Gasteiger partial charge on any atom is 0.248 e. The van der Waals surface area contributed by atoms with Gasteiger partial charge in [0.2, 0.25) is 5.91 Å². The predicted molar refractivity (Wildman–Crippen MR) is 80.4 cm³/mol. The largest absolute Gasteiger partial charge is 0.397 e. The van der Waals surface area contributed by atoms with Gasteiger partial charge in [-0.3, -0.25) is 4.79 Å². The van der Waals surface area contributed by atoms with Gasteiger partial charge in [0.25, 0.3) is 0 Å². The number of hydrogen-bond acceptors (Lipinski definition) is 4. The summed E-state index contributed by atoms with van der Waals surface area (Å²) in [4.78, 5) is 11.1. The second-order valence-corrected chi connectivity index (χ2v) is 5.53. The molecule has 0 aliphatic heterocycles. The Bertz CT molecular complexity index is 476. The molecule has 0 saturated heterocycles. The van der Waals surface area contributed by atoms with Gasteiger partial charge in [0.05, 0.1) is 11.4 Å². The molecule has 0 bridgehead atoms. The number of nitrogens with two attached hydrogens (primary N) is 2. The number of carbonyl (C=O) groups excluding carboxylic acids is 1. The van der Waals surface area contributed by atoms with Crippen molar-refractivity contribution in [2.24, 2.45) is 17.6 Å². The van der Waals surface area contributed by atoms with Gasteiger partial charge in [-0.05, 0) is 42.9 Å². The first kappa shape index (κ1) is 14.7. The first-order chi connectivity index (χ1) is 9.61. The number of nitrogen functional groups attached to an aromatic ring is 1. The lowest BCUT2D eigenvalue weighted by molar-refractivity contribution is 0.100. The van der Waals surface area contributed by atoms with Gasteiger partial charge in [0.1, 0.15) is 0 Å². The zero-order valence-electron chi connectivity index (χ0n) is 11.6. The molecule has 1 saturated carbocycles. The minimum Gasteiger partial charge on any atom is -0.397 e. The highest BCUT2D eigenvalue weighted by molar-refractivity contribution is 5.94. The maximum absolute atomic E-state index is 11.1. The van der Waals surface area contributed by atoms with Gasteiger partial charge >= 0.3 is 0 Å². The van der Waals surface area contributed by atoms with Crippen LogP contribution < -0.4 is 16.8 Å². The molecule has 0 radical (unpaired) electrons. The molecule has 2 rings (SSSR count). The van der Waals surface area contributed by atoms with Gasteiger partial charge in [-0.1, -0.05) is 12.8 Å².